The molecule has 0 N–H and O–H groups in total. The Morgan fingerprint density at radius 2 is 1.90 bits per heavy atom. The van der Waals surface area contributed by atoms with Gasteiger partial charge in [-0.05, 0) is 12.1 Å². The van der Waals surface area contributed by atoms with Crippen LogP contribution in [0.5, 0.6) is 0 Å². The van der Waals surface area contributed by atoms with Crippen molar-refractivity contribution in [1.82, 2.24) is 0 Å². The molecule has 6 heteroatoms. The number of ether oxygens (including phenoxy) is 2. The summed E-state index contributed by atoms with van der Waals surface area (Å²) < 4.78 is 9.58. The van der Waals surface area contributed by atoms with E-state index in [9.17, 15) is 14.8 Å². The zero-order valence-electron chi connectivity index (χ0n) is 11.4. The van der Waals surface area contributed by atoms with Gasteiger partial charge in [-0.3, -0.25) is 4.79 Å². The van der Waals surface area contributed by atoms with E-state index in [0.717, 1.165) is 0 Å². The lowest BCUT2D eigenvalue weighted by Crippen LogP contribution is -2.33. The fraction of sp³-hybridized carbons (Fsp3) is 0.357. The summed E-state index contributed by atoms with van der Waals surface area (Å²) in [5.41, 5.74) is 0.662. The van der Waals surface area contributed by atoms with Crippen molar-refractivity contribution in [2.75, 3.05) is 14.2 Å². The molecule has 1 atom stereocenters. The second-order valence-electron chi connectivity index (χ2n) is 4.05. The monoisotopic (exact) mass is 279 g/mol. The lowest BCUT2D eigenvalue weighted by molar-refractivity contribution is -0.485. The second-order valence-corrected chi connectivity index (χ2v) is 4.05. The maximum atomic E-state index is 12.0. The van der Waals surface area contributed by atoms with Crippen molar-refractivity contribution in [2.45, 2.75) is 18.9 Å². The van der Waals surface area contributed by atoms with Crippen LogP contribution in [0.15, 0.2) is 30.3 Å². The normalized spacial score (nSPS) is 12.6. The largest absolute Gasteiger partial charge is 0.623 e. The van der Waals surface area contributed by atoms with Gasteiger partial charge < -0.3 is 14.7 Å². The van der Waals surface area contributed by atoms with Crippen molar-refractivity contribution >= 4 is 18.2 Å². The van der Waals surface area contributed by atoms with Gasteiger partial charge in [-0.2, -0.15) is 4.74 Å². The number of benzene rings is 1. The first-order chi connectivity index (χ1) is 9.58. The van der Waals surface area contributed by atoms with Crippen molar-refractivity contribution in [3.63, 3.8) is 0 Å². The van der Waals surface area contributed by atoms with E-state index < -0.39 is 18.0 Å². The summed E-state index contributed by atoms with van der Waals surface area (Å²) in [5.74, 6) is -1.16. The predicted molar refractivity (Wildman–Crippen MR) is 72.3 cm³/mol. The topological polar surface area (TPSA) is 78.7 Å². The molecule has 0 heterocycles. The van der Waals surface area contributed by atoms with E-state index in [1.165, 1.54) is 20.4 Å². The summed E-state index contributed by atoms with van der Waals surface area (Å²) in [6.45, 7) is 0. The third kappa shape index (κ3) is 4.72. The molecule has 0 spiro atoms. The van der Waals surface area contributed by atoms with Crippen LogP contribution in [0, 0.1) is 5.21 Å². The number of nitrogens with zero attached hydrogens (tertiary/aromatic N) is 1. The minimum Gasteiger partial charge on any atom is -0.623 e. The standard InChI is InChI=1S/C14H17NO5/c1-19-13(16)9-8-12(14(17)20-2)15(18)10-11-6-4-3-5-7-11/h3-7,10,12H,8-9H2,1-2H3/b15-10-. The molecule has 6 nitrogen and oxygen atoms in total. The van der Waals surface area contributed by atoms with Crippen molar-refractivity contribution in [3.8, 4) is 0 Å². The van der Waals surface area contributed by atoms with Gasteiger partial charge in [-0.1, -0.05) is 18.2 Å². The average molecular weight is 279 g/mol. The van der Waals surface area contributed by atoms with Crippen molar-refractivity contribution in [1.29, 1.82) is 0 Å². The van der Waals surface area contributed by atoms with E-state index in [2.05, 4.69) is 9.47 Å². The fourth-order valence-electron chi connectivity index (χ4n) is 1.62. The molecule has 20 heavy (non-hydrogen) atoms. The van der Waals surface area contributed by atoms with Crippen molar-refractivity contribution < 1.29 is 23.8 Å². The van der Waals surface area contributed by atoms with E-state index in [-0.39, 0.29) is 12.8 Å². The molecule has 1 unspecified atom stereocenters. The Bertz CT molecular complexity index is 484. The Kier molecular flexibility index (Phi) is 6.22. The van der Waals surface area contributed by atoms with Crippen LogP contribution in [0.2, 0.25) is 0 Å². The van der Waals surface area contributed by atoms with Crippen LogP contribution in [-0.4, -0.2) is 43.2 Å². The number of hydroxylamine groups is 1. The predicted octanol–water partition coefficient (Wildman–Crippen LogP) is 1.11. The molecule has 0 bridgehead atoms. The zero-order chi connectivity index (χ0) is 15.0. The molecule has 0 aromatic heterocycles. The number of methoxy groups -OCH3 is 2. The second kappa shape index (κ2) is 7.93. The van der Waals surface area contributed by atoms with Crippen LogP contribution in [0.4, 0.5) is 0 Å². The van der Waals surface area contributed by atoms with Gasteiger partial charge >= 0.3 is 11.9 Å². The van der Waals surface area contributed by atoms with Gasteiger partial charge in [0.25, 0.3) is 6.04 Å². The lowest BCUT2D eigenvalue weighted by atomic mass is 10.1. The Labute approximate surface area is 117 Å². The summed E-state index contributed by atoms with van der Waals surface area (Å²) in [4.78, 5) is 22.7. The number of esters is 2. The maximum absolute atomic E-state index is 12.0. The van der Waals surface area contributed by atoms with Crippen LogP contribution in [0.1, 0.15) is 18.4 Å². The maximum Gasteiger partial charge on any atom is 0.376 e. The molecule has 0 fully saturated rings. The Hall–Kier alpha value is -2.37. The highest BCUT2D eigenvalue weighted by molar-refractivity contribution is 5.79. The smallest absolute Gasteiger partial charge is 0.376 e. The van der Waals surface area contributed by atoms with Crippen LogP contribution >= 0.6 is 0 Å². The quantitative estimate of drug-likeness (QED) is 0.256. The minimum absolute atomic E-state index is 0.0301. The average Bonchev–Trinajstić information content (AvgIpc) is 2.47. The third-order valence-electron chi connectivity index (χ3n) is 2.71. The van der Waals surface area contributed by atoms with Crippen LogP contribution in [0.3, 0.4) is 0 Å². The SMILES string of the molecule is COC(=O)CCC(C(=O)OC)/[N+]([O-])=C/c1ccccc1. The Morgan fingerprint density at radius 1 is 1.25 bits per heavy atom. The Morgan fingerprint density at radius 3 is 2.45 bits per heavy atom. The molecule has 0 aliphatic carbocycles. The summed E-state index contributed by atoms with van der Waals surface area (Å²) in [6.07, 6.45) is 1.29. The highest BCUT2D eigenvalue weighted by Crippen LogP contribution is 2.06. The molecule has 0 radical (unpaired) electrons. The van der Waals surface area contributed by atoms with E-state index >= 15 is 0 Å². The number of hydrogen-bond donors (Lipinski definition) is 0. The van der Waals surface area contributed by atoms with Gasteiger partial charge in [0, 0.05) is 12.0 Å². The molecule has 1 aromatic carbocycles. The van der Waals surface area contributed by atoms with E-state index in [4.69, 9.17) is 0 Å². The highest BCUT2D eigenvalue weighted by atomic mass is 16.5. The van der Waals surface area contributed by atoms with Gasteiger partial charge in [-0.25, -0.2) is 4.79 Å². The lowest BCUT2D eigenvalue weighted by Gasteiger charge is -2.14. The zero-order valence-corrected chi connectivity index (χ0v) is 11.4. The molecule has 108 valence electrons. The van der Waals surface area contributed by atoms with Gasteiger partial charge in [0.05, 0.1) is 20.6 Å². The highest BCUT2D eigenvalue weighted by Gasteiger charge is 2.27. The van der Waals surface area contributed by atoms with E-state index in [1.54, 1.807) is 24.3 Å². The minimum atomic E-state index is -1.07. The summed E-state index contributed by atoms with van der Waals surface area (Å²) >= 11 is 0. The van der Waals surface area contributed by atoms with Gasteiger partial charge in [0.1, 0.15) is 0 Å². The first-order valence-corrected chi connectivity index (χ1v) is 6.08. The molecule has 1 rings (SSSR count). The number of rotatable bonds is 6. The molecular formula is C14H17NO5. The van der Waals surface area contributed by atoms with E-state index in [1.807, 2.05) is 6.07 Å². The molecule has 0 aliphatic rings. The number of carbonyl (C=O) groups excluding carboxylic acids is 2. The molecule has 1 aromatic rings. The third-order valence-corrected chi connectivity index (χ3v) is 2.71. The van der Waals surface area contributed by atoms with Crippen LogP contribution < -0.4 is 0 Å². The first-order valence-electron chi connectivity index (χ1n) is 6.08. The number of hydrogen-bond acceptors (Lipinski definition) is 5. The summed E-state index contributed by atoms with van der Waals surface area (Å²) in [6, 6.07) is 7.78. The van der Waals surface area contributed by atoms with Gasteiger partial charge in [-0.15, -0.1) is 0 Å². The summed E-state index contributed by atoms with van der Waals surface area (Å²) in [5, 5.41) is 12.0. The fourth-order valence-corrected chi connectivity index (χ4v) is 1.62. The van der Waals surface area contributed by atoms with Gasteiger partial charge in [0.2, 0.25) is 0 Å². The van der Waals surface area contributed by atoms with Gasteiger partial charge in [0.15, 0.2) is 6.21 Å². The molecule has 0 saturated heterocycles. The first kappa shape index (κ1) is 15.7. The Balaban J connectivity index is 2.84. The molecule has 0 amide bonds. The van der Waals surface area contributed by atoms with Crippen LogP contribution in [0.25, 0.3) is 0 Å². The number of carbonyl (C=O) groups is 2. The van der Waals surface area contributed by atoms with E-state index in [0.29, 0.717) is 10.3 Å². The van der Waals surface area contributed by atoms with Crippen molar-refractivity contribution in [3.05, 3.63) is 41.1 Å². The molecule has 0 saturated carbocycles. The van der Waals surface area contributed by atoms with Crippen molar-refractivity contribution in [2.24, 2.45) is 0 Å². The summed E-state index contributed by atoms with van der Waals surface area (Å²) in [7, 11) is 2.45. The van der Waals surface area contributed by atoms with Crippen LogP contribution in [-0.2, 0) is 19.1 Å². The molecule has 0 aliphatic heterocycles. The molecular weight excluding hydrogens is 262 g/mol.